The van der Waals surface area contributed by atoms with E-state index in [-0.39, 0.29) is 0 Å². The van der Waals surface area contributed by atoms with E-state index in [4.69, 9.17) is 0 Å². The molecule has 1 aromatic rings. The molecule has 1 aliphatic heterocycles. The van der Waals surface area contributed by atoms with E-state index in [0.717, 1.165) is 12.0 Å². The fourth-order valence-electron chi connectivity index (χ4n) is 2.67. The molecular formula is C13H20N2. The molecule has 2 rings (SSSR count). The second-order valence-electron chi connectivity index (χ2n) is 4.97. The van der Waals surface area contributed by atoms with Crippen molar-refractivity contribution in [1.82, 2.24) is 9.88 Å². The first-order valence-corrected chi connectivity index (χ1v) is 5.78. The molecule has 0 bridgehead atoms. The minimum atomic E-state index is 0.677. The van der Waals surface area contributed by atoms with Crippen LogP contribution >= 0.6 is 0 Å². The predicted molar refractivity (Wildman–Crippen MR) is 62.9 cm³/mol. The van der Waals surface area contributed by atoms with Gasteiger partial charge in [-0.3, -0.25) is 4.98 Å². The number of hydrogen-bond acceptors (Lipinski definition) is 2. The summed E-state index contributed by atoms with van der Waals surface area (Å²) in [6.45, 7) is 5.80. The molecular weight excluding hydrogens is 184 g/mol. The Bertz CT molecular complexity index is 308. The molecule has 2 atom stereocenters. The van der Waals surface area contributed by atoms with Crippen LogP contribution in [0.5, 0.6) is 0 Å². The van der Waals surface area contributed by atoms with Crippen LogP contribution < -0.4 is 0 Å². The van der Waals surface area contributed by atoms with Crippen molar-refractivity contribution >= 4 is 0 Å². The zero-order chi connectivity index (χ0) is 10.8. The quantitative estimate of drug-likeness (QED) is 0.736. The fraction of sp³-hybridized carbons (Fsp3) is 0.615. The van der Waals surface area contributed by atoms with E-state index in [1.54, 1.807) is 0 Å². The molecule has 0 saturated carbocycles. The lowest BCUT2D eigenvalue weighted by atomic mass is 9.93. The summed E-state index contributed by atoms with van der Waals surface area (Å²) in [5.74, 6) is 1.42. The van der Waals surface area contributed by atoms with Crippen LogP contribution in [0.15, 0.2) is 24.5 Å². The maximum atomic E-state index is 4.21. The first-order chi connectivity index (χ1) is 7.18. The lowest BCUT2D eigenvalue weighted by Gasteiger charge is -2.22. The van der Waals surface area contributed by atoms with Gasteiger partial charge >= 0.3 is 0 Å². The third-order valence-corrected chi connectivity index (χ3v) is 3.53. The van der Waals surface area contributed by atoms with Gasteiger partial charge in [-0.05, 0) is 36.9 Å². The Balaban J connectivity index is 2.09. The number of likely N-dealkylation sites (tertiary alicyclic amines) is 1. The van der Waals surface area contributed by atoms with Gasteiger partial charge in [0.1, 0.15) is 0 Å². The highest BCUT2D eigenvalue weighted by atomic mass is 15.2. The number of likely N-dealkylation sites (N-methyl/N-ethyl adjacent to an activating group) is 1. The zero-order valence-corrected chi connectivity index (χ0v) is 9.85. The molecule has 0 spiro atoms. The van der Waals surface area contributed by atoms with E-state index in [9.17, 15) is 0 Å². The fourth-order valence-corrected chi connectivity index (χ4v) is 2.67. The Kier molecular flexibility index (Phi) is 3.06. The topological polar surface area (TPSA) is 16.1 Å². The molecule has 0 N–H and O–H groups in total. The van der Waals surface area contributed by atoms with Crippen LogP contribution in [-0.2, 0) is 0 Å². The normalized spacial score (nSPS) is 27.5. The molecule has 15 heavy (non-hydrogen) atoms. The summed E-state index contributed by atoms with van der Waals surface area (Å²) < 4.78 is 0. The van der Waals surface area contributed by atoms with Gasteiger partial charge in [0, 0.05) is 25.0 Å². The van der Waals surface area contributed by atoms with Crippen LogP contribution in [0.3, 0.4) is 0 Å². The van der Waals surface area contributed by atoms with Crippen LogP contribution in [0.4, 0.5) is 0 Å². The minimum Gasteiger partial charge on any atom is -0.303 e. The van der Waals surface area contributed by atoms with Crippen LogP contribution in [-0.4, -0.2) is 29.5 Å². The van der Waals surface area contributed by atoms with E-state index in [2.05, 4.69) is 36.8 Å². The van der Waals surface area contributed by atoms with Gasteiger partial charge in [-0.15, -0.1) is 0 Å². The molecule has 2 nitrogen and oxygen atoms in total. The Morgan fingerprint density at radius 2 is 2.27 bits per heavy atom. The highest BCUT2D eigenvalue weighted by Crippen LogP contribution is 2.33. The molecule has 0 aromatic carbocycles. The van der Waals surface area contributed by atoms with Gasteiger partial charge < -0.3 is 4.90 Å². The van der Waals surface area contributed by atoms with Crippen LogP contribution in [0.25, 0.3) is 0 Å². The average Bonchev–Trinajstić information content (AvgIpc) is 2.62. The van der Waals surface area contributed by atoms with Crippen LogP contribution in [0.1, 0.15) is 31.7 Å². The van der Waals surface area contributed by atoms with E-state index in [1.165, 1.54) is 18.5 Å². The maximum absolute atomic E-state index is 4.21. The lowest BCUT2D eigenvalue weighted by molar-refractivity contribution is 0.250. The van der Waals surface area contributed by atoms with E-state index < -0.39 is 0 Å². The number of pyridine rings is 1. The number of nitrogens with zero attached hydrogens (tertiary/aromatic N) is 2. The minimum absolute atomic E-state index is 0.677. The summed E-state index contributed by atoms with van der Waals surface area (Å²) in [5, 5.41) is 0. The highest BCUT2D eigenvalue weighted by Gasteiger charge is 2.31. The predicted octanol–water partition coefficient (Wildman–Crippen LogP) is 2.53. The molecule has 2 heterocycles. The van der Waals surface area contributed by atoms with Crippen molar-refractivity contribution in [2.75, 3.05) is 13.6 Å². The lowest BCUT2D eigenvalue weighted by Crippen LogP contribution is -2.29. The Morgan fingerprint density at radius 3 is 2.80 bits per heavy atom. The molecule has 2 heteroatoms. The smallest absolute Gasteiger partial charge is 0.0303 e. The van der Waals surface area contributed by atoms with Crippen molar-refractivity contribution in [3.05, 3.63) is 30.1 Å². The Hall–Kier alpha value is -0.890. The monoisotopic (exact) mass is 204 g/mol. The SMILES string of the molecule is CC(C)C1CC(c2cccnc2)CN1C. The summed E-state index contributed by atoms with van der Waals surface area (Å²) in [6.07, 6.45) is 5.14. The average molecular weight is 204 g/mol. The Morgan fingerprint density at radius 1 is 1.47 bits per heavy atom. The van der Waals surface area contributed by atoms with Gasteiger partial charge in [-0.1, -0.05) is 19.9 Å². The molecule has 1 aliphatic rings. The summed E-state index contributed by atoms with van der Waals surface area (Å²) in [6, 6.07) is 4.97. The van der Waals surface area contributed by atoms with Crippen molar-refractivity contribution in [2.45, 2.75) is 32.2 Å². The largest absolute Gasteiger partial charge is 0.303 e. The number of hydrogen-bond donors (Lipinski definition) is 0. The van der Waals surface area contributed by atoms with Crippen LogP contribution in [0.2, 0.25) is 0 Å². The first kappa shape index (κ1) is 10.6. The zero-order valence-electron chi connectivity index (χ0n) is 9.85. The molecule has 82 valence electrons. The highest BCUT2D eigenvalue weighted by molar-refractivity contribution is 5.17. The summed E-state index contributed by atoms with van der Waals surface area (Å²) in [5.41, 5.74) is 1.40. The van der Waals surface area contributed by atoms with E-state index >= 15 is 0 Å². The molecule has 1 saturated heterocycles. The second kappa shape index (κ2) is 4.31. The third kappa shape index (κ3) is 2.20. The molecule has 0 amide bonds. The van der Waals surface area contributed by atoms with Crippen molar-refractivity contribution < 1.29 is 0 Å². The molecule has 0 radical (unpaired) electrons. The van der Waals surface area contributed by atoms with Gasteiger partial charge in [0.05, 0.1) is 0 Å². The first-order valence-electron chi connectivity index (χ1n) is 5.78. The van der Waals surface area contributed by atoms with Gasteiger partial charge in [0.15, 0.2) is 0 Å². The van der Waals surface area contributed by atoms with E-state index in [1.807, 2.05) is 18.5 Å². The summed E-state index contributed by atoms with van der Waals surface area (Å²) in [4.78, 5) is 6.69. The van der Waals surface area contributed by atoms with Gasteiger partial charge in [0.2, 0.25) is 0 Å². The van der Waals surface area contributed by atoms with Gasteiger partial charge in [0.25, 0.3) is 0 Å². The number of aromatic nitrogens is 1. The van der Waals surface area contributed by atoms with Gasteiger partial charge in [-0.2, -0.15) is 0 Å². The second-order valence-corrected chi connectivity index (χ2v) is 4.97. The molecule has 2 unspecified atom stereocenters. The van der Waals surface area contributed by atoms with E-state index in [0.29, 0.717) is 5.92 Å². The van der Waals surface area contributed by atoms with Crippen molar-refractivity contribution in [2.24, 2.45) is 5.92 Å². The van der Waals surface area contributed by atoms with Crippen molar-refractivity contribution in [1.29, 1.82) is 0 Å². The van der Waals surface area contributed by atoms with Crippen molar-refractivity contribution in [3.8, 4) is 0 Å². The summed E-state index contributed by atoms with van der Waals surface area (Å²) >= 11 is 0. The standard InChI is InChI=1S/C13H20N2/c1-10(2)13-7-12(9-15(13)3)11-5-4-6-14-8-11/h4-6,8,10,12-13H,7,9H2,1-3H3. The van der Waals surface area contributed by atoms with Crippen molar-refractivity contribution in [3.63, 3.8) is 0 Å². The number of rotatable bonds is 2. The maximum Gasteiger partial charge on any atom is 0.0303 e. The molecule has 1 aromatic heterocycles. The summed E-state index contributed by atoms with van der Waals surface area (Å²) in [7, 11) is 2.24. The third-order valence-electron chi connectivity index (χ3n) is 3.53. The van der Waals surface area contributed by atoms with Crippen LogP contribution in [0, 0.1) is 5.92 Å². The van der Waals surface area contributed by atoms with Gasteiger partial charge in [-0.25, -0.2) is 0 Å². The molecule has 0 aliphatic carbocycles. The molecule has 1 fully saturated rings. The Labute approximate surface area is 92.3 Å².